The maximum Gasteiger partial charge on any atom is 0.472 e. The molecule has 0 radical (unpaired) electrons. The first-order valence-electron chi connectivity index (χ1n) is 17.0. The number of carboxylic acid groups (broad SMARTS) is 1. The van der Waals surface area contributed by atoms with E-state index in [1.807, 2.05) is 0 Å². The molecule has 0 aliphatic heterocycles. The van der Waals surface area contributed by atoms with Crippen molar-refractivity contribution in [3.05, 3.63) is 36.5 Å². The minimum Gasteiger partial charge on any atom is -0.480 e. The second-order valence-electron chi connectivity index (χ2n) is 11.3. The van der Waals surface area contributed by atoms with Crippen molar-refractivity contribution < 1.29 is 47.5 Å². The summed E-state index contributed by atoms with van der Waals surface area (Å²) in [5.74, 6) is -2.44. The second kappa shape index (κ2) is 30.1. The molecule has 11 nitrogen and oxygen atoms in total. The number of esters is 2. The fraction of sp³-hybridized carbons (Fsp3) is 0.735. The van der Waals surface area contributed by atoms with Crippen molar-refractivity contribution in [2.45, 2.75) is 142 Å². The minimum absolute atomic E-state index is 0.151. The first-order valence-corrected chi connectivity index (χ1v) is 18.5. The normalized spacial score (nSPS) is 14.5. The largest absolute Gasteiger partial charge is 0.480 e. The maximum absolute atomic E-state index is 12.4. The lowest BCUT2D eigenvalue weighted by Crippen LogP contribution is -2.34. The number of phosphoric acid groups is 1. The molecule has 0 aromatic carbocycles. The molecule has 4 N–H and O–H groups in total. The Morgan fingerprint density at radius 3 is 1.76 bits per heavy atom. The third-order valence-electron chi connectivity index (χ3n) is 6.89. The molecule has 0 aliphatic rings. The van der Waals surface area contributed by atoms with Gasteiger partial charge in [0.15, 0.2) is 6.10 Å². The average Bonchev–Trinajstić information content (AvgIpc) is 3.02. The fourth-order valence-electron chi connectivity index (χ4n) is 4.13. The van der Waals surface area contributed by atoms with Crippen LogP contribution >= 0.6 is 7.82 Å². The SMILES string of the molecule is CCCCC/C=C/C/C=C/C/C=C/CCCCC(=O)OC[C@@H](COP(=O)(O)OC[C@@H](N)C(=O)O)OC(=O)CCCCCCCCC. The molecule has 0 saturated carbocycles. The van der Waals surface area contributed by atoms with Crippen LogP contribution in [0.4, 0.5) is 0 Å². The Morgan fingerprint density at radius 2 is 1.15 bits per heavy atom. The average molecular weight is 674 g/mol. The Labute approximate surface area is 276 Å². The van der Waals surface area contributed by atoms with Gasteiger partial charge in [-0.2, -0.15) is 0 Å². The van der Waals surface area contributed by atoms with Crippen LogP contribution in [-0.4, -0.2) is 59.9 Å². The van der Waals surface area contributed by atoms with Crippen LogP contribution in [0, 0.1) is 0 Å². The van der Waals surface area contributed by atoms with Crippen LogP contribution in [0.1, 0.15) is 129 Å². The van der Waals surface area contributed by atoms with Crippen molar-refractivity contribution >= 4 is 25.7 Å². The summed E-state index contributed by atoms with van der Waals surface area (Å²) in [6.45, 7) is 2.63. The quantitative estimate of drug-likeness (QED) is 0.0285. The van der Waals surface area contributed by atoms with Gasteiger partial charge in [0.05, 0.1) is 13.2 Å². The van der Waals surface area contributed by atoms with Crippen LogP contribution in [0.3, 0.4) is 0 Å². The summed E-state index contributed by atoms with van der Waals surface area (Å²) in [4.78, 5) is 45.4. The standard InChI is InChI=1S/C34H60NO10P/c1-3-5-7-9-11-12-13-14-15-16-17-18-20-21-23-25-32(36)42-27-30(28-43-46(40,41)44-29-31(35)34(38)39)45-33(37)26-24-22-19-10-8-6-4-2/h11-12,14-15,17-18,30-31H,3-10,13,16,19-29,35H2,1-2H3,(H,38,39)(H,40,41)/b12-11+,15-14+,18-17+/t30-,31+/m0/s1. The first-order chi connectivity index (χ1) is 22.1. The molecule has 12 heteroatoms. The number of hydrogen-bond acceptors (Lipinski definition) is 9. The van der Waals surface area contributed by atoms with E-state index in [1.54, 1.807) is 0 Å². The Hall–Kier alpha value is -2.30. The van der Waals surface area contributed by atoms with E-state index in [0.717, 1.165) is 64.2 Å². The van der Waals surface area contributed by atoms with E-state index in [1.165, 1.54) is 25.7 Å². The summed E-state index contributed by atoms with van der Waals surface area (Å²) in [6.07, 6.45) is 28.2. The molecular formula is C34H60NO10P. The Balaban J connectivity index is 4.51. The molecule has 0 aromatic heterocycles. The molecular weight excluding hydrogens is 613 g/mol. The molecule has 0 aromatic rings. The summed E-state index contributed by atoms with van der Waals surface area (Å²) in [6, 6.07) is -1.52. The van der Waals surface area contributed by atoms with E-state index < -0.39 is 51.1 Å². The highest BCUT2D eigenvalue weighted by molar-refractivity contribution is 7.47. The lowest BCUT2D eigenvalue weighted by Gasteiger charge is -2.20. The summed E-state index contributed by atoms with van der Waals surface area (Å²) in [5.41, 5.74) is 5.29. The van der Waals surface area contributed by atoms with Gasteiger partial charge in [0.2, 0.25) is 0 Å². The molecule has 0 rings (SSSR count). The lowest BCUT2D eigenvalue weighted by atomic mass is 10.1. The first kappa shape index (κ1) is 43.7. The molecule has 0 bridgehead atoms. The number of allylic oxidation sites excluding steroid dienone is 6. The summed E-state index contributed by atoms with van der Waals surface area (Å²) in [7, 11) is -4.71. The number of hydrogen-bond donors (Lipinski definition) is 3. The van der Waals surface area contributed by atoms with Gasteiger partial charge in [-0.25, -0.2) is 4.57 Å². The van der Waals surface area contributed by atoms with E-state index >= 15 is 0 Å². The molecule has 0 aliphatic carbocycles. The highest BCUT2D eigenvalue weighted by atomic mass is 31.2. The molecule has 0 heterocycles. The fourth-order valence-corrected chi connectivity index (χ4v) is 4.91. The number of carbonyl (C=O) groups is 3. The third kappa shape index (κ3) is 29.1. The number of carbonyl (C=O) groups excluding carboxylic acids is 2. The smallest absolute Gasteiger partial charge is 0.472 e. The van der Waals surface area contributed by atoms with Crippen LogP contribution in [0.15, 0.2) is 36.5 Å². The zero-order valence-corrected chi connectivity index (χ0v) is 29.0. The second-order valence-corrected chi connectivity index (χ2v) is 12.8. The van der Waals surface area contributed by atoms with Crippen LogP contribution in [0.2, 0.25) is 0 Å². The molecule has 0 saturated heterocycles. The Bertz CT molecular complexity index is 937. The van der Waals surface area contributed by atoms with Gasteiger partial charge >= 0.3 is 25.7 Å². The van der Waals surface area contributed by atoms with Crippen LogP contribution in [0.25, 0.3) is 0 Å². The van der Waals surface area contributed by atoms with Crippen molar-refractivity contribution in [2.75, 3.05) is 19.8 Å². The van der Waals surface area contributed by atoms with E-state index in [9.17, 15) is 23.8 Å². The number of rotatable bonds is 31. The van der Waals surface area contributed by atoms with Gasteiger partial charge in [-0.05, 0) is 51.4 Å². The van der Waals surface area contributed by atoms with Gasteiger partial charge in [0, 0.05) is 12.8 Å². The van der Waals surface area contributed by atoms with Gasteiger partial charge in [-0.15, -0.1) is 0 Å². The van der Waals surface area contributed by atoms with Crippen molar-refractivity contribution in [3.8, 4) is 0 Å². The number of nitrogens with two attached hydrogens (primary N) is 1. The number of unbranched alkanes of at least 4 members (excludes halogenated alkanes) is 11. The van der Waals surface area contributed by atoms with Gasteiger partial charge in [-0.3, -0.25) is 23.4 Å². The van der Waals surface area contributed by atoms with E-state index in [0.29, 0.717) is 12.8 Å². The van der Waals surface area contributed by atoms with Crippen molar-refractivity contribution in [2.24, 2.45) is 5.73 Å². The van der Waals surface area contributed by atoms with Crippen LogP contribution < -0.4 is 5.73 Å². The molecule has 0 fully saturated rings. The molecule has 266 valence electrons. The molecule has 1 unspecified atom stereocenters. The topological polar surface area (TPSA) is 172 Å². The molecule has 0 amide bonds. The number of phosphoric ester groups is 1. The summed E-state index contributed by atoms with van der Waals surface area (Å²) < 4.78 is 32.3. The van der Waals surface area contributed by atoms with Gasteiger partial charge in [0.25, 0.3) is 0 Å². The highest BCUT2D eigenvalue weighted by Crippen LogP contribution is 2.43. The third-order valence-corrected chi connectivity index (χ3v) is 7.84. The van der Waals surface area contributed by atoms with Gasteiger partial charge in [0.1, 0.15) is 12.6 Å². The minimum atomic E-state index is -4.71. The van der Waals surface area contributed by atoms with Crippen molar-refractivity contribution in [1.29, 1.82) is 0 Å². The zero-order valence-electron chi connectivity index (χ0n) is 28.2. The monoisotopic (exact) mass is 673 g/mol. The van der Waals surface area contributed by atoms with E-state index in [4.69, 9.17) is 24.8 Å². The number of aliphatic carboxylic acids is 1. The number of carboxylic acids is 1. The maximum atomic E-state index is 12.4. The summed E-state index contributed by atoms with van der Waals surface area (Å²) in [5, 5.41) is 8.81. The zero-order chi connectivity index (χ0) is 34.3. The molecule has 3 atom stereocenters. The molecule has 0 spiro atoms. The van der Waals surface area contributed by atoms with Crippen LogP contribution in [0.5, 0.6) is 0 Å². The predicted octanol–water partition coefficient (Wildman–Crippen LogP) is 7.72. The predicted molar refractivity (Wildman–Crippen MR) is 180 cm³/mol. The lowest BCUT2D eigenvalue weighted by molar-refractivity contribution is -0.161. The summed E-state index contributed by atoms with van der Waals surface area (Å²) >= 11 is 0. The highest BCUT2D eigenvalue weighted by Gasteiger charge is 2.28. The number of ether oxygens (including phenoxy) is 2. The Kier molecular flexibility index (Phi) is 28.6. The Morgan fingerprint density at radius 1 is 0.674 bits per heavy atom. The van der Waals surface area contributed by atoms with E-state index in [2.05, 4.69) is 54.8 Å². The van der Waals surface area contributed by atoms with Crippen molar-refractivity contribution in [3.63, 3.8) is 0 Å². The van der Waals surface area contributed by atoms with Crippen LogP contribution in [-0.2, 0) is 37.5 Å². The molecule has 46 heavy (non-hydrogen) atoms. The van der Waals surface area contributed by atoms with Crippen molar-refractivity contribution in [1.82, 2.24) is 0 Å². The van der Waals surface area contributed by atoms with E-state index in [-0.39, 0.29) is 19.4 Å². The van der Waals surface area contributed by atoms with Gasteiger partial charge < -0.3 is 25.2 Å². The van der Waals surface area contributed by atoms with Gasteiger partial charge in [-0.1, -0.05) is 102 Å².